The topological polar surface area (TPSA) is 123 Å². The first kappa shape index (κ1) is 29.0. The average Bonchev–Trinajstić information content (AvgIpc) is 3.15. The van der Waals surface area contributed by atoms with Crippen molar-refractivity contribution in [3.05, 3.63) is 53.7 Å². The van der Waals surface area contributed by atoms with Gasteiger partial charge in [0.2, 0.25) is 0 Å². The lowest BCUT2D eigenvalue weighted by atomic mass is 9.87. The summed E-state index contributed by atoms with van der Waals surface area (Å²) >= 11 is 0. The first-order valence-electron chi connectivity index (χ1n) is 10.8. The molecule has 3 rings (SSSR count). The van der Waals surface area contributed by atoms with Crippen molar-refractivity contribution in [3.63, 3.8) is 0 Å². The van der Waals surface area contributed by atoms with E-state index in [0.29, 0.717) is 17.3 Å². The van der Waals surface area contributed by atoms with Crippen molar-refractivity contribution < 1.29 is 42.4 Å². The van der Waals surface area contributed by atoms with Gasteiger partial charge in [-0.25, -0.2) is 9.59 Å². The molecule has 0 aliphatic rings. The summed E-state index contributed by atoms with van der Waals surface area (Å²) < 4.78 is 43.9. The summed E-state index contributed by atoms with van der Waals surface area (Å²) in [6.45, 7) is 6.30. The predicted molar refractivity (Wildman–Crippen MR) is 131 cm³/mol. The standard InChI is InChI=1S/C23H27N3O4.C2HF3O2/c1-23(2,3)20-19(14-7-9-15(29-5)10-8-14)21(26(4)25-20)24-18-12-11-16(30-6)13-17(18)22(27)28;3-2(4,5)1(6)7/h7-13,24H,1-6H3,(H,27,28);(H,6,7). The Morgan fingerprint density at radius 1 is 0.946 bits per heavy atom. The van der Waals surface area contributed by atoms with Crippen LogP contribution in [0, 0.1) is 0 Å². The molecule has 0 spiro atoms. The van der Waals surface area contributed by atoms with Gasteiger partial charge in [0.15, 0.2) is 0 Å². The number of aryl methyl sites for hydroxylation is 1. The Morgan fingerprint density at radius 3 is 1.89 bits per heavy atom. The Balaban J connectivity index is 0.000000604. The Labute approximate surface area is 211 Å². The summed E-state index contributed by atoms with van der Waals surface area (Å²) in [6, 6.07) is 12.7. The second kappa shape index (κ2) is 11.2. The van der Waals surface area contributed by atoms with E-state index in [1.54, 1.807) is 23.9 Å². The fourth-order valence-corrected chi connectivity index (χ4v) is 3.29. The number of aliphatic carboxylic acids is 1. The van der Waals surface area contributed by atoms with E-state index in [1.165, 1.54) is 13.2 Å². The van der Waals surface area contributed by atoms with Gasteiger partial charge in [-0.05, 0) is 35.9 Å². The monoisotopic (exact) mass is 523 g/mol. The molecule has 1 heterocycles. The number of hydrogen-bond acceptors (Lipinski definition) is 6. The molecular weight excluding hydrogens is 495 g/mol. The van der Waals surface area contributed by atoms with E-state index in [9.17, 15) is 23.1 Å². The van der Waals surface area contributed by atoms with Crippen molar-refractivity contribution in [2.24, 2.45) is 7.05 Å². The van der Waals surface area contributed by atoms with E-state index in [0.717, 1.165) is 22.6 Å². The molecular formula is C25H28F3N3O6. The molecule has 200 valence electrons. The third kappa shape index (κ3) is 7.15. The van der Waals surface area contributed by atoms with Gasteiger partial charge in [0, 0.05) is 18.0 Å². The normalized spacial score (nSPS) is 11.3. The molecule has 0 unspecified atom stereocenters. The summed E-state index contributed by atoms with van der Waals surface area (Å²) in [4.78, 5) is 20.7. The maximum Gasteiger partial charge on any atom is 0.490 e. The van der Waals surface area contributed by atoms with Gasteiger partial charge in [-0.2, -0.15) is 18.3 Å². The van der Waals surface area contributed by atoms with Crippen molar-refractivity contribution in [2.45, 2.75) is 32.4 Å². The number of hydrogen-bond donors (Lipinski definition) is 3. The first-order chi connectivity index (χ1) is 17.1. The molecule has 0 amide bonds. The van der Waals surface area contributed by atoms with Gasteiger partial charge in [0.25, 0.3) is 0 Å². The Hall–Kier alpha value is -4.22. The van der Waals surface area contributed by atoms with Crippen LogP contribution in [-0.4, -0.2) is 52.3 Å². The van der Waals surface area contributed by atoms with Crippen LogP contribution in [0.3, 0.4) is 0 Å². The number of halogens is 3. The molecule has 2 aromatic carbocycles. The lowest BCUT2D eigenvalue weighted by Gasteiger charge is -2.19. The predicted octanol–water partition coefficient (Wildman–Crippen LogP) is 5.48. The molecule has 1 aromatic heterocycles. The number of aromatic carboxylic acids is 1. The van der Waals surface area contributed by atoms with E-state index in [2.05, 4.69) is 26.1 Å². The third-order valence-corrected chi connectivity index (χ3v) is 5.09. The number of carboxylic acid groups (broad SMARTS) is 2. The summed E-state index contributed by atoms with van der Waals surface area (Å²) in [5.41, 5.74) is 3.14. The van der Waals surface area contributed by atoms with Crippen LogP contribution in [0.4, 0.5) is 24.7 Å². The van der Waals surface area contributed by atoms with Crippen molar-refractivity contribution in [1.29, 1.82) is 0 Å². The smallest absolute Gasteiger partial charge is 0.490 e. The second-order valence-corrected chi connectivity index (χ2v) is 8.82. The molecule has 0 aliphatic heterocycles. The number of carboxylic acids is 2. The SMILES string of the molecule is COc1ccc(-c2c(C(C)(C)C)nn(C)c2Nc2ccc(OC)cc2C(=O)O)cc1.O=C(O)C(F)(F)F. The van der Waals surface area contributed by atoms with Crippen molar-refractivity contribution in [2.75, 3.05) is 19.5 Å². The zero-order valence-electron chi connectivity index (χ0n) is 21.1. The number of ether oxygens (including phenoxy) is 2. The quantitative estimate of drug-likeness (QED) is 0.388. The maximum atomic E-state index is 11.8. The first-order valence-corrected chi connectivity index (χ1v) is 10.8. The van der Waals surface area contributed by atoms with Gasteiger partial charge in [-0.15, -0.1) is 0 Å². The van der Waals surface area contributed by atoms with E-state index < -0.39 is 18.1 Å². The maximum absolute atomic E-state index is 11.8. The molecule has 3 aromatic rings. The van der Waals surface area contributed by atoms with Crippen molar-refractivity contribution in [1.82, 2.24) is 9.78 Å². The summed E-state index contributed by atoms with van der Waals surface area (Å²) in [5.74, 6) is -1.85. The highest BCUT2D eigenvalue weighted by Crippen LogP contribution is 2.40. The zero-order valence-corrected chi connectivity index (χ0v) is 21.1. The molecule has 37 heavy (non-hydrogen) atoms. The molecule has 3 N–H and O–H groups in total. The number of methoxy groups -OCH3 is 2. The summed E-state index contributed by atoms with van der Waals surface area (Å²) in [6.07, 6.45) is -5.08. The highest BCUT2D eigenvalue weighted by molar-refractivity contribution is 5.96. The van der Waals surface area contributed by atoms with E-state index in [1.807, 2.05) is 31.3 Å². The van der Waals surface area contributed by atoms with Gasteiger partial charge in [0.1, 0.15) is 17.3 Å². The molecule has 0 bridgehead atoms. The van der Waals surface area contributed by atoms with Crippen LogP contribution in [0.5, 0.6) is 11.5 Å². The molecule has 0 fully saturated rings. The largest absolute Gasteiger partial charge is 0.497 e. The Bertz CT molecular complexity index is 1260. The number of rotatable bonds is 6. The van der Waals surface area contributed by atoms with Gasteiger partial charge < -0.3 is 25.0 Å². The minimum Gasteiger partial charge on any atom is -0.497 e. The van der Waals surface area contributed by atoms with Gasteiger partial charge >= 0.3 is 18.1 Å². The summed E-state index contributed by atoms with van der Waals surface area (Å²) in [7, 11) is 4.98. The zero-order chi connectivity index (χ0) is 28.1. The van der Waals surface area contributed by atoms with Crippen LogP contribution in [-0.2, 0) is 17.3 Å². The van der Waals surface area contributed by atoms with Gasteiger partial charge in [0.05, 0.1) is 31.2 Å². The Morgan fingerprint density at radius 2 is 1.46 bits per heavy atom. The lowest BCUT2D eigenvalue weighted by Crippen LogP contribution is -2.21. The molecule has 9 nitrogen and oxygen atoms in total. The fraction of sp³-hybridized carbons (Fsp3) is 0.320. The number of carbonyl (C=O) groups is 2. The number of nitrogens with one attached hydrogen (secondary N) is 1. The van der Waals surface area contributed by atoms with Crippen LogP contribution in [0.15, 0.2) is 42.5 Å². The van der Waals surface area contributed by atoms with E-state index in [4.69, 9.17) is 24.5 Å². The highest BCUT2D eigenvalue weighted by atomic mass is 19.4. The average molecular weight is 524 g/mol. The van der Waals surface area contributed by atoms with Gasteiger partial charge in [-0.1, -0.05) is 32.9 Å². The van der Waals surface area contributed by atoms with Crippen LogP contribution < -0.4 is 14.8 Å². The van der Waals surface area contributed by atoms with Crippen molar-refractivity contribution >= 4 is 23.4 Å². The van der Waals surface area contributed by atoms with Gasteiger partial charge in [-0.3, -0.25) is 4.68 Å². The molecule has 0 aliphatic carbocycles. The minimum absolute atomic E-state index is 0.119. The van der Waals surface area contributed by atoms with Crippen LogP contribution in [0.2, 0.25) is 0 Å². The van der Waals surface area contributed by atoms with Crippen LogP contribution in [0.1, 0.15) is 36.8 Å². The molecule has 0 saturated heterocycles. The molecule has 0 radical (unpaired) electrons. The summed E-state index contributed by atoms with van der Waals surface area (Å²) in [5, 5.41) is 24.9. The third-order valence-electron chi connectivity index (χ3n) is 5.09. The molecule has 0 atom stereocenters. The number of benzene rings is 2. The van der Waals surface area contributed by atoms with E-state index >= 15 is 0 Å². The number of anilines is 2. The highest BCUT2D eigenvalue weighted by Gasteiger charge is 2.38. The number of aromatic nitrogens is 2. The van der Waals surface area contributed by atoms with Crippen molar-refractivity contribution in [3.8, 4) is 22.6 Å². The van der Waals surface area contributed by atoms with Crippen LogP contribution >= 0.6 is 0 Å². The number of nitrogens with zero attached hydrogens (tertiary/aromatic N) is 2. The minimum atomic E-state index is -5.08. The van der Waals surface area contributed by atoms with E-state index in [-0.39, 0.29) is 11.0 Å². The number of alkyl halides is 3. The second-order valence-electron chi connectivity index (χ2n) is 8.82. The molecule has 12 heteroatoms. The Kier molecular flexibility index (Phi) is 8.81. The lowest BCUT2D eigenvalue weighted by molar-refractivity contribution is -0.192. The molecule has 0 saturated carbocycles. The fourth-order valence-electron chi connectivity index (χ4n) is 3.29. The van der Waals surface area contributed by atoms with Crippen LogP contribution in [0.25, 0.3) is 11.1 Å².